The molecule has 148 valence electrons. The van der Waals surface area contributed by atoms with Crippen LogP contribution in [0.5, 0.6) is 5.75 Å². The van der Waals surface area contributed by atoms with E-state index >= 15 is 0 Å². The minimum atomic E-state index is -0.0955. The van der Waals surface area contributed by atoms with Crippen LogP contribution in [0.4, 0.5) is 0 Å². The summed E-state index contributed by atoms with van der Waals surface area (Å²) in [7, 11) is 1.84. The number of ether oxygens (including phenoxy) is 1. The average Bonchev–Trinajstić information content (AvgIpc) is 3.46. The lowest BCUT2D eigenvalue weighted by Crippen LogP contribution is -2.32. The van der Waals surface area contributed by atoms with E-state index in [0.29, 0.717) is 44.1 Å². The molecule has 0 radical (unpaired) electrons. The van der Waals surface area contributed by atoms with Crippen molar-refractivity contribution < 1.29 is 14.3 Å². The monoisotopic (exact) mass is 382 g/mol. The highest BCUT2D eigenvalue weighted by Crippen LogP contribution is 2.28. The summed E-state index contributed by atoms with van der Waals surface area (Å²) in [6.07, 6.45) is 6.98. The molecule has 1 aromatic carbocycles. The van der Waals surface area contributed by atoms with Gasteiger partial charge in [-0.2, -0.15) is 0 Å². The largest absolute Gasteiger partial charge is 0.491 e. The van der Waals surface area contributed by atoms with Gasteiger partial charge in [-0.3, -0.25) is 9.59 Å². The van der Waals surface area contributed by atoms with Crippen molar-refractivity contribution in [3.8, 4) is 5.75 Å². The van der Waals surface area contributed by atoms with Gasteiger partial charge in [0.15, 0.2) is 0 Å². The van der Waals surface area contributed by atoms with Crippen molar-refractivity contribution in [2.45, 2.75) is 32.2 Å². The summed E-state index contributed by atoms with van der Waals surface area (Å²) in [5.41, 5.74) is 2.49. The number of fused-ring (bicyclic) bond motifs is 1. The van der Waals surface area contributed by atoms with Gasteiger partial charge in [0.25, 0.3) is 5.91 Å². The molecule has 28 heavy (non-hydrogen) atoms. The summed E-state index contributed by atoms with van der Waals surface area (Å²) in [6.45, 7) is 2.26. The molecule has 0 bridgehead atoms. The van der Waals surface area contributed by atoms with Crippen molar-refractivity contribution in [3.05, 3.63) is 47.5 Å². The zero-order valence-electron chi connectivity index (χ0n) is 16.2. The molecule has 0 spiro atoms. The summed E-state index contributed by atoms with van der Waals surface area (Å²) >= 11 is 0. The number of nitrogens with zero attached hydrogens (tertiary/aromatic N) is 3. The number of aryl methyl sites for hydroxylation is 2. The highest BCUT2D eigenvalue weighted by molar-refractivity contribution is 5.92. The molecule has 4 rings (SSSR count). The van der Waals surface area contributed by atoms with Gasteiger partial charge in [-0.05, 0) is 36.8 Å². The second kappa shape index (κ2) is 8.04. The van der Waals surface area contributed by atoms with Crippen molar-refractivity contribution in [2.75, 3.05) is 19.7 Å². The first kappa shape index (κ1) is 18.5. The first-order valence-electron chi connectivity index (χ1n) is 9.87. The average molecular weight is 382 g/mol. The molecule has 1 aromatic heterocycles. The lowest BCUT2D eigenvalue weighted by atomic mass is 10.0. The number of hydrogen-bond acceptors (Lipinski definition) is 4. The third-order valence-corrected chi connectivity index (χ3v) is 5.24. The van der Waals surface area contributed by atoms with Crippen LogP contribution in [-0.4, -0.2) is 46.0 Å². The van der Waals surface area contributed by atoms with Crippen LogP contribution in [0.1, 0.15) is 40.9 Å². The maximum Gasteiger partial charge on any atom is 0.274 e. The molecule has 1 N–H and O–H groups in total. The van der Waals surface area contributed by atoms with Gasteiger partial charge in [0.05, 0.1) is 12.9 Å². The highest BCUT2D eigenvalue weighted by atomic mass is 16.5. The Morgan fingerprint density at radius 2 is 2.18 bits per heavy atom. The molecule has 2 aromatic rings. The first-order chi connectivity index (χ1) is 13.6. The van der Waals surface area contributed by atoms with Crippen molar-refractivity contribution >= 4 is 11.8 Å². The zero-order chi connectivity index (χ0) is 19.5. The fourth-order valence-corrected chi connectivity index (χ4v) is 3.39. The van der Waals surface area contributed by atoms with Crippen LogP contribution in [0.2, 0.25) is 0 Å². The molecule has 7 nitrogen and oxygen atoms in total. The van der Waals surface area contributed by atoms with E-state index in [0.717, 1.165) is 23.4 Å². The molecule has 2 aliphatic rings. The molecule has 1 saturated carbocycles. The first-order valence-corrected chi connectivity index (χ1v) is 9.87. The van der Waals surface area contributed by atoms with E-state index < -0.39 is 0 Å². The van der Waals surface area contributed by atoms with Crippen LogP contribution in [0.3, 0.4) is 0 Å². The minimum absolute atomic E-state index is 0.0955. The number of carbonyl (C=O) groups excluding carboxylic acids is 2. The van der Waals surface area contributed by atoms with E-state index in [1.807, 2.05) is 25.2 Å². The van der Waals surface area contributed by atoms with Gasteiger partial charge in [0.1, 0.15) is 18.1 Å². The van der Waals surface area contributed by atoms with Gasteiger partial charge in [0, 0.05) is 38.3 Å². The van der Waals surface area contributed by atoms with Gasteiger partial charge in [-0.1, -0.05) is 12.1 Å². The van der Waals surface area contributed by atoms with Crippen LogP contribution in [0.15, 0.2) is 30.7 Å². The van der Waals surface area contributed by atoms with Gasteiger partial charge in [-0.15, -0.1) is 0 Å². The molecule has 1 fully saturated rings. The van der Waals surface area contributed by atoms with Crippen LogP contribution in [-0.2, 0) is 24.8 Å². The Labute approximate surface area is 164 Å². The van der Waals surface area contributed by atoms with E-state index in [2.05, 4.69) is 10.3 Å². The molecular weight excluding hydrogens is 356 g/mol. The summed E-state index contributed by atoms with van der Waals surface area (Å²) in [4.78, 5) is 30.7. The zero-order valence-corrected chi connectivity index (χ0v) is 16.2. The topological polar surface area (TPSA) is 76.5 Å². The third-order valence-electron chi connectivity index (χ3n) is 5.24. The summed E-state index contributed by atoms with van der Waals surface area (Å²) in [5.74, 6) is 1.50. The number of imidazole rings is 1. The lowest BCUT2D eigenvalue weighted by molar-refractivity contribution is -0.121. The van der Waals surface area contributed by atoms with Gasteiger partial charge in [0.2, 0.25) is 5.91 Å². The Bertz CT molecular complexity index is 872. The molecule has 2 heterocycles. The molecule has 0 saturated heterocycles. The molecular formula is C21H26N4O3. The smallest absolute Gasteiger partial charge is 0.274 e. The number of hydrogen-bond donors (Lipinski definition) is 1. The Hall–Kier alpha value is -2.83. The number of aromatic nitrogens is 2. The molecule has 7 heteroatoms. The Kier molecular flexibility index (Phi) is 5.32. The van der Waals surface area contributed by atoms with E-state index in [1.54, 1.807) is 22.0 Å². The van der Waals surface area contributed by atoms with Crippen molar-refractivity contribution in [3.63, 3.8) is 0 Å². The summed E-state index contributed by atoms with van der Waals surface area (Å²) in [6, 6.07) is 6.00. The predicted molar refractivity (Wildman–Crippen MR) is 104 cm³/mol. The quantitative estimate of drug-likeness (QED) is 0.828. The maximum absolute atomic E-state index is 12.7. The van der Waals surface area contributed by atoms with E-state index in [-0.39, 0.29) is 11.8 Å². The third kappa shape index (κ3) is 4.52. The summed E-state index contributed by atoms with van der Waals surface area (Å²) in [5, 5.41) is 3.00. The molecule has 0 atom stereocenters. The van der Waals surface area contributed by atoms with Gasteiger partial charge in [-0.25, -0.2) is 4.98 Å². The fraction of sp³-hybridized carbons (Fsp3) is 0.476. The maximum atomic E-state index is 12.7. The Morgan fingerprint density at radius 3 is 2.93 bits per heavy atom. The fourth-order valence-electron chi connectivity index (χ4n) is 3.39. The van der Waals surface area contributed by atoms with Crippen LogP contribution >= 0.6 is 0 Å². The molecule has 2 amide bonds. The Balaban J connectivity index is 1.40. The lowest BCUT2D eigenvalue weighted by Gasteiger charge is -2.18. The van der Waals surface area contributed by atoms with Gasteiger partial charge < -0.3 is 19.5 Å². The standard InChI is InChI=1S/C21H26N4O3/c1-24-13-18(23-14-24)21(27)25-8-9-28-19-6-4-15(10-17(19)12-25)5-7-20(26)22-11-16-2-3-16/h4,6,10,13-14,16H,2-3,5,7-9,11-12H2,1H3,(H,22,26). The van der Waals surface area contributed by atoms with Gasteiger partial charge >= 0.3 is 0 Å². The Morgan fingerprint density at radius 1 is 1.32 bits per heavy atom. The molecule has 1 aliphatic carbocycles. The number of nitrogens with one attached hydrogen (secondary N) is 1. The summed E-state index contributed by atoms with van der Waals surface area (Å²) < 4.78 is 7.59. The number of benzene rings is 1. The normalized spacial score (nSPS) is 16.1. The second-order valence-corrected chi connectivity index (χ2v) is 7.69. The number of carbonyl (C=O) groups is 2. The highest BCUT2D eigenvalue weighted by Gasteiger charge is 2.23. The van der Waals surface area contributed by atoms with Crippen molar-refractivity contribution in [1.29, 1.82) is 0 Å². The predicted octanol–water partition coefficient (Wildman–Crippen LogP) is 1.91. The second-order valence-electron chi connectivity index (χ2n) is 7.69. The minimum Gasteiger partial charge on any atom is -0.491 e. The van der Waals surface area contributed by atoms with E-state index in [4.69, 9.17) is 4.74 Å². The van der Waals surface area contributed by atoms with Crippen LogP contribution in [0, 0.1) is 5.92 Å². The molecule has 0 unspecified atom stereocenters. The van der Waals surface area contributed by atoms with E-state index in [1.165, 1.54) is 12.8 Å². The molecule has 1 aliphatic heterocycles. The van der Waals surface area contributed by atoms with Crippen molar-refractivity contribution in [2.24, 2.45) is 13.0 Å². The number of amides is 2. The van der Waals surface area contributed by atoms with Crippen LogP contribution in [0.25, 0.3) is 0 Å². The SMILES string of the molecule is Cn1cnc(C(=O)N2CCOc3ccc(CCC(=O)NCC4CC4)cc3C2)c1. The van der Waals surface area contributed by atoms with E-state index in [9.17, 15) is 9.59 Å². The van der Waals surface area contributed by atoms with Crippen molar-refractivity contribution in [1.82, 2.24) is 19.8 Å². The van der Waals surface area contributed by atoms with Crippen LogP contribution < -0.4 is 10.1 Å². The number of rotatable bonds is 6.